The first-order valence-electron chi connectivity index (χ1n) is 9.02. The highest BCUT2D eigenvalue weighted by Crippen LogP contribution is 2.31. The monoisotopic (exact) mass is 373 g/mol. The summed E-state index contributed by atoms with van der Waals surface area (Å²) in [5.74, 6) is 1.07. The van der Waals surface area contributed by atoms with E-state index in [1.165, 1.54) is 18.4 Å². The molecule has 0 saturated heterocycles. The topological polar surface area (TPSA) is 58.6 Å². The first-order valence-corrected chi connectivity index (χ1v) is 9.90. The Kier molecular flexibility index (Phi) is 8.22. The molecule has 0 bridgehead atoms. The van der Waals surface area contributed by atoms with E-state index in [2.05, 4.69) is 12.2 Å². The molecule has 0 aliphatic heterocycles. The summed E-state index contributed by atoms with van der Waals surface area (Å²) < 4.78 is 5.44. The number of ether oxygens (including phenoxy) is 1. The number of phenols is 1. The molecule has 0 spiro atoms. The number of methoxy groups -OCH3 is 1. The van der Waals surface area contributed by atoms with Gasteiger partial charge in [-0.1, -0.05) is 31.9 Å². The van der Waals surface area contributed by atoms with Gasteiger partial charge in [0.25, 0.3) is 0 Å². The summed E-state index contributed by atoms with van der Waals surface area (Å²) in [6.45, 7) is 2.75. The van der Waals surface area contributed by atoms with Gasteiger partial charge in [-0.2, -0.15) is 0 Å². The second-order valence-corrected chi connectivity index (χ2v) is 7.06. The highest BCUT2D eigenvalue weighted by molar-refractivity contribution is 7.11. The van der Waals surface area contributed by atoms with E-state index < -0.39 is 0 Å². The van der Waals surface area contributed by atoms with Gasteiger partial charge >= 0.3 is 0 Å². The number of carbonyl (C=O) groups is 1. The Balaban J connectivity index is 1.86. The first kappa shape index (κ1) is 20.0. The average Bonchev–Trinajstić information content (AvgIpc) is 3.04. The van der Waals surface area contributed by atoms with Gasteiger partial charge in [0.1, 0.15) is 11.5 Å². The van der Waals surface area contributed by atoms with Crippen LogP contribution in [-0.4, -0.2) is 24.7 Å². The van der Waals surface area contributed by atoms with Crippen molar-refractivity contribution in [1.29, 1.82) is 0 Å². The molecule has 1 heterocycles. The largest absolute Gasteiger partial charge is 0.508 e. The maximum atomic E-state index is 12.0. The number of amides is 1. The van der Waals surface area contributed by atoms with E-state index in [0.29, 0.717) is 6.54 Å². The standard InChI is InChI=1S/C21H27NO3S/c1-3-4-5-6-18-19(25-2)15-26-20(18)11-12-21(24)22-14-13-16-7-9-17(23)10-8-16/h7-12,15,23H,3-6,13-14H2,1-2H3,(H,22,24). The Morgan fingerprint density at radius 2 is 2.00 bits per heavy atom. The number of phenolic OH excluding ortho intramolecular Hbond substituents is 1. The molecule has 0 aliphatic rings. The van der Waals surface area contributed by atoms with E-state index in [4.69, 9.17) is 4.74 Å². The second-order valence-electron chi connectivity index (χ2n) is 6.14. The Morgan fingerprint density at radius 1 is 1.23 bits per heavy atom. The molecule has 26 heavy (non-hydrogen) atoms. The summed E-state index contributed by atoms with van der Waals surface area (Å²) in [6, 6.07) is 7.03. The van der Waals surface area contributed by atoms with Crippen LogP contribution in [0.2, 0.25) is 0 Å². The van der Waals surface area contributed by atoms with Crippen molar-refractivity contribution in [1.82, 2.24) is 5.32 Å². The fourth-order valence-corrected chi connectivity index (χ4v) is 3.66. The van der Waals surface area contributed by atoms with Crippen molar-refractivity contribution in [3.63, 3.8) is 0 Å². The number of carbonyl (C=O) groups excluding carboxylic acids is 1. The second kappa shape index (κ2) is 10.7. The van der Waals surface area contributed by atoms with Crippen molar-refractivity contribution in [3.05, 3.63) is 51.7 Å². The van der Waals surface area contributed by atoms with E-state index in [-0.39, 0.29) is 11.7 Å². The zero-order valence-electron chi connectivity index (χ0n) is 15.5. The minimum Gasteiger partial charge on any atom is -0.508 e. The minimum absolute atomic E-state index is 0.101. The number of rotatable bonds is 10. The van der Waals surface area contributed by atoms with E-state index in [1.54, 1.807) is 36.7 Å². The summed E-state index contributed by atoms with van der Waals surface area (Å²) in [5, 5.41) is 14.2. The van der Waals surface area contributed by atoms with Crippen LogP contribution in [0.15, 0.2) is 35.7 Å². The molecular formula is C21H27NO3S. The minimum atomic E-state index is -0.101. The lowest BCUT2D eigenvalue weighted by Gasteiger charge is -2.05. The lowest BCUT2D eigenvalue weighted by Crippen LogP contribution is -2.23. The van der Waals surface area contributed by atoms with Crippen LogP contribution in [0.25, 0.3) is 6.08 Å². The summed E-state index contributed by atoms with van der Waals surface area (Å²) in [5.41, 5.74) is 2.27. The third kappa shape index (κ3) is 6.23. The fourth-order valence-electron chi connectivity index (χ4n) is 2.69. The van der Waals surface area contributed by atoms with Gasteiger partial charge in [-0.3, -0.25) is 4.79 Å². The van der Waals surface area contributed by atoms with Crippen molar-refractivity contribution in [2.75, 3.05) is 13.7 Å². The Labute approximate surface area is 159 Å². The number of thiophene rings is 1. The molecule has 0 unspecified atom stereocenters. The number of nitrogens with one attached hydrogen (secondary N) is 1. The van der Waals surface area contributed by atoms with E-state index in [9.17, 15) is 9.90 Å². The Hall–Kier alpha value is -2.27. The summed E-state index contributed by atoms with van der Waals surface area (Å²) in [6.07, 6.45) is 8.68. The molecule has 0 aliphatic carbocycles. The average molecular weight is 374 g/mol. The van der Waals surface area contributed by atoms with Gasteiger partial charge in [0.15, 0.2) is 0 Å². The van der Waals surface area contributed by atoms with Crippen LogP contribution in [-0.2, 0) is 17.6 Å². The lowest BCUT2D eigenvalue weighted by atomic mass is 10.1. The van der Waals surface area contributed by atoms with E-state index in [0.717, 1.165) is 35.5 Å². The van der Waals surface area contributed by atoms with Gasteiger partial charge in [-0.15, -0.1) is 11.3 Å². The molecule has 2 rings (SSSR count). The van der Waals surface area contributed by atoms with Crippen molar-refractivity contribution >= 4 is 23.3 Å². The molecule has 140 valence electrons. The van der Waals surface area contributed by atoms with Crippen molar-refractivity contribution in [2.24, 2.45) is 0 Å². The van der Waals surface area contributed by atoms with Crippen LogP contribution in [0.5, 0.6) is 11.5 Å². The molecule has 2 N–H and O–H groups in total. The maximum Gasteiger partial charge on any atom is 0.244 e. The third-order valence-electron chi connectivity index (χ3n) is 4.17. The highest BCUT2D eigenvalue weighted by Gasteiger charge is 2.10. The molecule has 0 fully saturated rings. The third-order valence-corrected chi connectivity index (χ3v) is 5.14. The molecule has 0 saturated carbocycles. The van der Waals surface area contributed by atoms with E-state index in [1.807, 2.05) is 23.6 Å². The van der Waals surface area contributed by atoms with E-state index >= 15 is 0 Å². The SMILES string of the molecule is CCCCCc1c(OC)csc1C=CC(=O)NCCc1ccc(O)cc1. The van der Waals surface area contributed by atoms with Crippen molar-refractivity contribution in [2.45, 2.75) is 39.0 Å². The van der Waals surface area contributed by atoms with Crippen LogP contribution < -0.4 is 10.1 Å². The zero-order chi connectivity index (χ0) is 18.8. The Morgan fingerprint density at radius 3 is 2.69 bits per heavy atom. The first-order chi connectivity index (χ1) is 12.6. The van der Waals surface area contributed by atoms with Gasteiger partial charge in [0.2, 0.25) is 5.91 Å². The molecule has 1 aromatic carbocycles. The number of aromatic hydroxyl groups is 1. The molecule has 0 radical (unpaired) electrons. The number of hydrogen-bond donors (Lipinski definition) is 2. The lowest BCUT2D eigenvalue weighted by molar-refractivity contribution is -0.116. The normalized spacial score (nSPS) is 11.0. The molecular weight excluding hydrogens is 346 g/mol. The van der Waals surface area contributed by atoms with Gasteiger partial charge in [-0.25, -0.2) is 0 Å². The van der Waals surface area contributed by atoms with Gasteiger partial charge in [0.05, 0.1) is 7.11 Å². The molecule has 1 amide bonds. The number of hydrogen-bond acceptors (Lipinski definition) is 4. The smallest absolute Gasteiger partial charge is 0.244 e. The van der Waals surface area contributed by atoms with Crippen LogP contribution in [0.4, 0.5) is 0 Å². The van der Waals surface area contributed by atoms with Crippen LogP contribution in [0, 0.1) is 0 Å². The fraction of sp³-hybridized carbons (Fsp3) is 0.381. The molecule has 1 aromatic heterocycles. The number of unbranched alkanes of at least 4 members (excludes halogenated alkanes) is 2. The van der Waals surface area contributed by atoms with Crippen molar-refractivity contribution in [3.8, 4) is 11.5 Å². The quantitative estimate of drug-likeness (QED) is 0.474. The van der Waals surface area contributed by atoms with Crippen LogP contribution in [0.1, 0.15) is 42.2 Å². The molecule has 0 atom stereocenters. The molecule has 4 nitrogen and oxygen atoms in total. The molecule has 5 heteroatoms. The van der Waals surface area contributed by atoms with Gasteiger partial charge < -0.3 is 15.2 Å². The summed E-state index contributed by atoms with van der Waals surface area (Å²) >= 11 is 1.61. The van der Waals surface area contributed by atoms with Gasteiger partial charge in [-0.05, 0) is 43.0 Å². The Bertz CT molecular complexity index is 719. The van der Waals surface area contributed by atoms with Crippen molar-refractivity contribution < 1.29 is 14.6 Å². The summed E-state index contributed by atoms with van der Waals surface area (Å²) in [4.78, 5) is 13.1. The zero-order valence-corrected chi connectivity index (χ0v) is 16.3. The van der Waals surface area contributed by atoms with Crippen LogP contribution >= 0.6 is 11.3 Å². The van der Waals surface area contributed by atoms with Gasteiger partial charge in [0, 0.05) is 28.4 Å². The summed E-state index contributed by atoms with van der Waals surface area (Å²) in [7, 11) is 1.69. The predicted octanol–water partition coefficient (Wildman–Crippen LogP) is 4.57. The highest BCUT2D eigenvalue weighted by atomic mass is 32.1. The maximum absolute atomic E-state index is 12.0. The van der Waals surface area contributed by atoms with Crippen LogP contribution in [0.3, 0.4) is 0 Å². The molecule has 2 aromatic rings. The number of benzene rings is 1. The predicted molar refractivity (Wildman–Crippen MR) is 108 cm³/mol.